The Bertz CT molecular complexity index is 620. The zero-order chi connectivity index (χ0) is 15.6. The first-order valence-corrected chi connectivity index (χ1v) is 7.25. The Kier molecular flexibility index (Phi) is 4.74. The van der Waals surface area contributed by atoms with Crippen molar-refractivity contribution in [1.29, 1.82) is 0 Å². The zero-order valence-corrected chi connectivity index (χ0v) is 12.9. The molecule has 0 aliphatic carbocycles. The quantitative estimate of drug-likeness (QED) is 0.807. The summed E-state index contributed by atoms with van der Waals surface area (Å²) in [4.78, 5) is 0. The van der Waals surface area contributed by atoms with Crippen molar-refractivity contribution in [3.05, 3.63) is 69.2 Å². The lowest BCUT2D eigenvalue weighted by Gasteiger charge is -2.16. The second-order valence-corrected chi connectivity index (χ2v) is 5.59. The highest BCUT2D eigenvalue weighted by atomic mass is 79.9. The van der Waals surface area contributed by atoms with Gasteiger partial charge in [0.2, 0.25) is 0 Å². The normalized spacial score (nSPS) is 13.2. The Morgan fingerprint density at radius 2 is 1.71 bits per heavy atom. The molecule has 0 aromatic heterocycles. The van der Waals surface area contributed by atoms with Gasteiger partial charge in [-0.2, -0.15) is 13.2 Å². The molecule has 5 heteroatoms. The molecule has 112 valence electrons. The predicted molar refractivity (Wildman–Crippen MR) is 79.0 cm³/mol. The second kappa shape index (κ2) is 6.20. The van der Waals surface area contributed by atoms with Crippen LogP contribution in [0.5, 0.6) is 0 Å². The largest absolute Gasteiger partial charge is 0.416 e. The van der Waals surface area contributed by atoms with Gasteiger partial charge in [-0.05, 0) is 41.3 Å². The minimum Gasteiger partial charge on any atom is -0.384 e. The summed E-state index contributed by atoms with van der Waals surface area (Å²) in [7, 11) is 0. The first-order valence-electron chi connectivity index (χ1n) is 6.46. The summed E-state index contributed by atoms with van der Waals surface area (Å²) >= 11 is 3.20. The minimum absolute atomic E-state index is 0.203. The lowest BCUT2D eigenvalue weighted by Crippen LogP contribution is -2.08. The maximum Gasteiger partial charge on any atom is 0.416 e. The summed E-state index contributed by atoms with van der Waals surface area (Å²) in [6.07, 6.45) is -4.67. The van der Waals surface area contributed by atoms with Crippen LogP contribution in [0, 0.1) is 0 Å². The van der Waals surface area contributed by atoms with E-state index in [0.29, 0.717) is 10.0 Å². The summed E-state index contributed by atoms with van der Waals surface area (Å²) in [5, 5.41) is 10.3. The third-order valence-corrected chi connectivity index (χ3v) is 4.04. The first-order chi connectivity index (χ1) is 9.82. The highest BCUT2D eigenvalue weighted by Gasteiger charge is 2.31. The molecule has 0 aliphatic heterocycles. The van der Waals surface area contributed by atoms with Crippen LogP contribution in [0.25, 0.3) is 0 Å². The van der Waals surface area contributed by atoms with Crippen molar-refractivity contribution in [1.82, 2.24) is 0 Å². The maximum absolute atomic E-state index is 12.8. The van der Waals surface area contributed by atoms with Crippen LogP contribution in [0.4, 0.5) is 13.2 Å². The molecule has 1 nitrogen and oxygen atoms in total. The molecule has 0 saturated heterocycles. The van der Waals surface area contributed by atoms with Gasteiger partial charge in [0.25, 0.3) is 0 Å². The first kappa shape index (κ1) is 16.0. The van der Waals surface area contributed by atoms with Crippen LogP contribution in [0.3, 0.4) is 0 Å². The van der Waals surface area contributed by atoms with Crippen molar-refractivity contribution in [2.75, 3.05) is 0 Å². The molecule has 0 amide bonds. The van der Waals surface area contributed by atoms with Gasteiger partial charge in [0.1, 0.15) is 6.10 Å². The zero-order valence-electron chi connectivity index (χ0n) is 11.3. The van der Waals surface area contributed by atoms with Crippen LogP contribution in [0.15, 0.2) is 46.9 Å². The number of hydrogen-bond donors (Lipinski definition) is 1. The van der Waals surface area contributed by atoms with Crippen molar-refractivity contribution in [2.24, 2.45) is 0 Å². The molecule has 0 saturated carbocycles. The van der Waals surface area contributed by atoms with Crippen LogP contribution in [-0.2, 0) is 12.6 Å². The van der Waals surface area contributed by atoms with E-state index in [1.807, 2.05) is 19.1 Å². The number of rotatable bonds is 3. The van der Waals surface area contributed by atoms with Gasteiger partial charge in [-0.3, -0.25) is 0 Å². The molecule has 1 N–H and O–H groups in total. The molecule has 0 heterocycles. The number of aliphatic hydroxyl groups excluding tert-OH is 1. The second-order valence-electron chi connectivity index (χ2n) is 4.73. The van der Waals surface area contributed by atoms with Crippen LogP contribution >= 0.6 is 15.9 Å². The molecule has 0 spiro atoms. The number of alkyl halides is 3. The number of aryl methyl sites for hydroxylation is 1. The number of benzene rings is 2. The van der Waals surface area contributed by atoms with Crippen LogP contribution < -0.4 is 0 Å². The lowest BCUT2D eigenvalue weighted by atomic mass is 9.98. The molecular formula is C16H14BrF3O. The van der Waals surface area contributed by atoms with Crippen molar-refractivity contribution >= 4 is 15.9 Å². The van der Waals surface area contributed by atoms with Crippen molar-refractivity contribution in [3.8, 4) is 0 Å². The Hall–Kier alpha value is -1.33. The Labute approximate surface area is 129 Å². The van der Waals surface area contributed by atoms with Gasteiger partial charge in [0, 0.05) is 4.47 Å². The van der Waals surface area contributed by atoms with E-state index in [4.69, 9.17) is 0 Å². The minimum atomic E-state index is -4.43. The van der Waals surface area contributed by atoms with Crippen LogP contribution in [0.2, 0.25) is 0 Å². The van der Waals surface area contributed by atoms with E-state index in [9.17, 15) is 18.3 Å². The molecule has 2 rings (SSSR count). The Morgan fingerprint density at radius 1 is 1.10 bits per heavy atom. The fourth-order valence-electron chi connectivity index (χ4n) is 2.04. The number of halogens is 4. The van der Waals surface area contributed by atoms with E-state index in [1.165, 1.54) is 6.07 Å². The van der Waals surface area contributed by atoms with E-state index in [2.05, 4.69) is 15.9 Å². The molecule has 2 aromatic carbocycles. The average molecular weight is 359 g/mol. The van der Waals surface area contributed by atoms with Gasteiger partial charge in [-0.25, -0.2) is 0 Å². The molecule has 1 atom stereocenters. The van der Waals surface area contributed by atoms with Gasteiger partial charge >= 0.3 is 6.18 Å². The van der Waals surface area contributed by atoms with Gasteiger partial charge in [-0.15, -0.1) is 0 Å². The molecule has 0 bridgehead atoms. The lowest BCUT2D eigenvalue weighted by molar-refractivity contribution is -0.137. The standard InChI is InChI=1S/C16H14BrF3O/c1-2-10-3-5-11(6-4-10)15(21)13-9-12(16(18,19)20)7-8-14(13)17/h3-9,15,21H,2H2,1H3. The predicted octanol–water partition coefficient (Wildman–Crippen LogP) is 5.11. The fraction of sp³-hybridized carbons (Fsp3) is 0.250. The number of aliphatic hydroxyl groups is 1. The van der Waals surface area contributed by atoms with Crippen molar-refractivity contribution in [3.63, 3.8) is 0 Å². The Morgan fingerprint density at radius 3 is 2.24 bits per heavy atom. The van der Waals surface area contributed by atoms with Gasteiger partial charge < -0.3 is 5.11 Å². The SMILES string of the molecule is CCc1ccc(C(O)c2cc(C(F)(F)F)ccc2Br)cc1. The smallest absolute Gasteiger partial charge is 0.384 e. The maximum atomic E-state index is 12.8. The number of hydrogen-bond acceptors (Lipinski definition) is 1. The topological polar surface area (TPSA) is 20.2 Å². The van der Waals surface area contributed by atoms with Gasteiger partial charge in [0.05, 0.1) is 5.56 Å². The summed E-state index contributed by atoms with van der Waals surface area (Å²) in [5.41, 5.74) is 1.10. The van der Waals surface area contributed by atoms with Crippen molar-refractivity contribution < 1.29 is 18.3 Å². The summed E-state index contributed by atoms with van der Waals surface area (Å²) < 4.78 is 38.7. The molecular weight excluding hydrogens is 345 g/mol. The third kappa shape index (κ3) is 3.66. The van der Waals surface area contributed by atoms with Gasteiger partial charge in [0.15, 0.2) is 0 Å². The fourth-order valence-corrected chi connectivity index (χ4v) is 2.51. The van der Waals surface area contributed by atoms with E-state index in [0.717, 1.165) is 24.1 Å². The van der Waals surface area contributed by atoms with E-state index in [1.54, 1.807) is 12.1 Å². The average Bonchev–Trinajstić information content (AvgIpc) is 2.46. The highest BCUT2D eigenvalue weighted by Crippen LogP contribution is 2.35. The van der Waals surface area contributed by atoms with Crippen LogP contribution in [-0.4, -0.2) is 5.11 Å². The highest BCUT2D eigenvalue weighted by molar-refractivity contribution is 9.10. The molecule has 0 fully saturated rings. The molecule has 1 unspecified atom stereocenters. The molecule has 0 radical (unpaired) electrons. The molecule has 2 aromatic rings. The van der Waals surface area contributed by atoms with E-state index in [-0.39, 0.29) is 5.56 Å². The monoisotopic (exact) mass is 358 g/mol. The van der Waals surface area contributed by atoms with Crippen LogP contribution in [0.1, 0.15) is 35.3 Å². The molecule has 0 aliphatic rings. The summed E-state index contributed by atoms with van der Waals surface area (Å²) in [5.74, 6) is 0. The third-order valence-electron chi connectivity index (χ3n) is 3.32. The van der Waals surface area contributed by atoms with E-state index >= 15 is 0 Å². The van der Waals surface area contributed by atoms with E-state index < -0.39 is 17.8 Å². The molecule has 21 heavy (non-hydrogen) atoms. The van der Waals surface area contributed by atoms with Crippen molar-refractivity contribution in [2.45, 2.75) is 25.6 Å². The summed E-state index contributed by atoms with van der Waals surface area (Å²) in [6, 6.07) is 10.5. The Balaban J connectivity index is 2.39. The van der Waals surface area contributed by atoms with Gasteiger partial charge in [-0.1, -0.05) is 47.1 Å². The summed E-state index contributed by atoms with van der Waals surface area (Å²) in [6.45, 7) is 2.01.